The number of carboxylic acids is 1. The van der Waals surface area contributed by atoms with E-state index < -0.39 is 39.0 Å². The largest absolute Gasteiger partial charge is 0.480 e. The summed E-state index contributed by atoms with van der Waals surface area (Å²) in [5.41, 5.74) is -0.836. The minimum absolute atomic E-state index is 0.0371. The molecule has 0 fully saturated rings. The van der Waals surface area contributed by atoms with Crippen molar-refractivity contribution in [2.75, 3.05) is 0 Å². The highest BCUT2D eigenvalue weighted by atomic mass is 32.2. The molecule has 0 bridgehead atoms. The molecule has 7 nitrogen and oxygen atoms in total. The number of aromatic nitrogens is 2. The Labute approximate surface area is 127 Å². The maximum Gasteiger partial charge on any atom is 0.321 e. The first-order valence-electron chi connectivity index (χ1n) is 6.54. The first-order valence-corrected chi connectivity index (χ1v) is 8.02. The van der Waals surface area contributed by atoms with Crippen LogP contribution in [-0.4, -0.2) is 35.3 Å². The summed E-state index contributed by atoms with van der Waals surface area (Å²) in [6.45, 7) is 4.72. The SMILES string of the molecule is Cc1nn(C)c(S(=O)(=O)NC(CC(C)C)C(=O)O)c1C(F)F. The standard InChI is InChI=1S/C12H19F2N3O4S/c1-6(2)5-8(12(18)19)16-22(20,21)11-9(10(13)14)7(3)15-17(11)4/h6,8,10,16H,5H2,1-4H3,(H,18,19). The van der Waals surface area contributed by atoms with Crippen molar-refractivity contribution in [3.05, 3.63) is 11.3 Å². The molecule has 22 heavy (non-hydrogen) atoms. The van der Waals surface area contributed by atoms with Crippen molar-refractivity contribution in [2.45, 2.75) is 44.7 Å². The van der Waals surface area contributed by atoms with Gasteiger partial charge in [-0.2, -0.15) is 9.82 Å². The molecule has 0 aliphatic rings. The van der Waals surface area contributed by atoms with E-state index in [0.717, 1.165) is 4.68 Å². The highest BCUT2D eigenvalue weighted by molar-refractivity contribution is 7.89. The molecule has 1 aromatic heterocycles. The van der Waals surface area contributed by atoms with Crippen LogP contribution in [0.25, 0.3) is 0 Å². The van der Waals surface area contributed by atoms with Crippen molar-refractivity contribution in [3.8, 4) is 0 Å². The Hall–Kier alpha value is -1.55. The predicted molar refractivity (Wildman–Crippen MR) is 74.1 cm³/mol. The third-order valence-corrected chi connectivity index (χ3v) is 4.58. The van der Waals surface area contributed by atoms with Gasteiger partial charge in [0.05, 0.1) is 11.3 Å². The number of aryl methyl sites for hydroxylation is 2. The second-order valence-electron chi connectivity index (χ2n) is 5.37. The minimum atomic E-state index is -4.45. The van der Waals surface area contributed by atoms with E-state index in [0.29, 0.717) is 0 Å². The Kier molecular flexibility index (Phi) is 5.63. The Morgan fingerprint density at radius 3 is 2.36 bits per heavy atom. The molecule has 0 saturated heterocycles. The number of halogens is 2. The molecule has 1 heterocycles. The number of hydrogen-bond donors (Lipinski definition) is 2. The molecule has 1 atom stereocenters. The monoisotopic (exact) mass is 339 g/mol. The lowest BCUT2D eigenvalue weighted by Gasteiger charge is -2.17. The number of alkyl halides is 2. The number of carbonyl (C=O) groups is 1. The number of hydrogen-bond acceptors (Lipinski definition) is 4. The second kappa shape index (κ2) is 6.69. The lowest BCUT2D eigenvalue weighted by molar-refractivity contribution is -0.139. The van der Waals surface area contributed by atoms with Gasteiger partial charge in [-0.1, -0.05) is 13.8 Å². The summed E-state index contributed by atoms with van der Waals surface area (Å²) in [5, 5.41) is 12.1. The van der Waals surface area contributed by atoms with Gasteiger partial charge in [-0.25, -0.2) is 17.2 Å². The van der Waals surface area contributed by atoms with Gasteiger partial charge in [0.1, 0.15) is 6.04 Å². The number of rotatable bonds is 7. The van der Waals surface area contributed by atoms with Crippen LogP contribution in [-0.2, 0) is 21.9 Å². The Morgan fingerprint density at radius 1 is 1.41 bits per heavy atom. The number of sulfonamides is 1. The summed E-state index contributed by atoms with van der Waals surface area (Å²) in [6.07, 6.45) is -3.00. The van der Waals surface area contributed by atoms with Gasteiger partial charge < -0.3 is 5.11 Å². The summed E-state index contributed by atoms with van der Waals surface area (Å²) in [4.78, 5) is 11.2. The van der Waals surface area contributed by atoms with Crippen LogP contribution in [0.5, 0.6) is 0 Å². The normalized spacial score (nSPS) is 13.8. The van der Waals surface area contributed by atoms with Crippen molar-refractivity contribution in [1.29, 1.82) is 0 Å². The molecule has 1 aromatic rings. The molecule has 0 amide bonds. The molecule has 1 unspecified atom stereocenters. The molecule has 0 aromatic carbocycles. The summed E-state index contributed by atoms with van der Waals surface area (Å²) < 4.78 is 53.6. The van der Waals surface area contributed by atoms with E-state index in [-0.39, 0.29) is 18.0 Å². The average molecular weight is 339 g/mol. The van der Waals surface area contributed by atoms with Crippen LogP contribution in [0.4, 0.5) is 8.78 Å². The maximum absolute atomic E-state index is 13.1. The first-order chi connectivity index (χ1) is 9.97. The van der Waals surface area contributed by atoms with Crippen molar-refractivity contribution < 1.29 is 27.1 Å². The Morgan fingerprint density at radius 2 is 1.95 bits per heavy atom. The van der Waals surface area contributed by atoms with E-state index in [9.17, 15) is 22.0 Å². The van der Waals surface area contributed by atoms with E-state index in [4.69, 9.17) is 5.11 Å². The molecular formula is C12H19F2N3O4S. The fraction of sp³-hybridized carbons (Fsp3) is 0.667. The molecule has 1 rings (SSSR count). The fourth-order valence-corrected chi connectivity index (χ4v) is 3.74. The van der Waals surface area contributed by atoms with Crippen LogP contribution in [0, 0.1) is 12.8 Å². The number of aliphatic carboxylic acids is 1. The zero-order chi connectivity index (χ0) is 17.2. The molecule has 0 aliphatic heterocycles. The van der Waals surface area contributed by atoms with Gasteiger partial charge in [-0.3, -0.25) is 9.48 Å². The van der Waals surface area contributed by atoms with Crippen molar-refractivity contribution in [3.63, 3.8) is 0 Å². The maximum atomic E-state index is 13.1. The van der Waals surface area contributed by atoms with Gasteiger partial charge >= 0.3 is 5.97 Å². The van der Waals surface area contributed by atoms with Crippen molar-refractivity contribution in [2.24, 2.45) is 13.0 Å². The van der Waals surface area contributed by atoms with Gasteiger partial charge in [0, 0.05) is 7.05 Å². The van der Waals surface area contributed by atoms with E-state index in [1.54, 1.807) is 13.8 Å². The number of carboxylic acid groups (broad SMARTS) is 1. The molecule has 2 N–H and O–H groups in total. The fourth-order valence-electron chi connectivity index (χ4n) is 2.14. The molecule has 126 valence electrons. The molecular weight excluding hydrogens is 320 g/mol. The van der Waals surface area contributed by atoms with Gasteiger partial charge in [0.2, 0.25) is 0 Å². The average Bonchev–Trinajstić information content (AvgIpc) is 2.63. The summed E-state index contributed by atoms with van der Waals surface area (Å²) in [6, 6.07) is -1.40. The topological polar surface area (TPSA) is 101 Å². The number of nitrogens with one attached hydrogen (secondary N) is 1. The zero-order valence-corrected chi connectivity index (χ0v) is 13.5. The van der Waals surface area contributed by atoms with Gasteiger partial charge in [-0.05, 0) is 19.3 Å². The van der Waals surface area contributed by atoms with Crippen molar-refractivity contribution >= 4 is 16.0 Å². The third-order valence-electron chi connectivity index (χ3n) is 2.99. The molecule has 10 heteroatoms. The van der Waals surface area contributed by atoms with Crippen LogP contribution in [0.2, 0.25) is 0 Å². The zero-order valence-electron chi connectivity index (χ0n) is 12.7. The summed E-state index contributed by atoms with van der Waals surface area (Å²) >= 11 is 0. The van der Waals surface area contributed by atoms with Crippen LogP contribution >= 0.6 is 0 Å². The smallest absolute Gasteiger partial charge is 0.321 e. The molecule has 0 radical (unpaired) electrons. The van der Waals surface area contributed by atoms with Crippen LogP contribution in [0.3, 0.4) is 0 Å². The Bertz CT molecular complexity index is 656. The van der Waals surface area contributed by atoms with E-state index in [1.165, 1.54) is 14.0 Å². The minimum Gasteiger partial charge on any atom is -0.480 e. The summed E-state index contributed by atoms with van der Waals surface area (Å²) in [7, 11) is -3.23. The second-order valence-corrected chi connectivity index (χ2v) is 7.00. The predicted octanol–water partition coefficient (Wildman–Crippen LogP) is 1.44. The Balaban J connectivity index is 3.27. The van der Waals surface area contributed by atoms with Crippen LogP contribution < -0.4 is 4.72 Å². The molecule has 0 spiro atoms. The van der Waals surface area contributed by atoms with E-state index in [1.807, 2.05) is 4.72 Å². The number of nitrogens with zero attached hydrogens (tertiary/aromatic N) is 2. The summed E-state index contributed by atoms with van der Waals surface area (Å²) in [5.74, 6) is -1.46. The van der Waals surface area contributed by atoms with Crippen molar-refractivity contribution in [1.82, 2.24) is 14.5 Å². The first kappa shape index (κ1) is 18.5. The lowest BCUT2D eigenvalue weighted by atomic mass is 10.1. The highest BCUT2D eigenvalue weighted by Crippen LogP contribution is 2.29. The quantitative estimate of drug-likeness (QED) is 0.783. The van der Waals surface area contributed by atoms with Crippen LogP contribution in [0.15, 0.2) is 5.03 Å². The van der Waals surface area contributed by atoms with Gasteiger partial charge in [0.15, 0.2) is 5.03 Å². The van der Waals surface area contributed by atoms with E-state index >= 15 is 0 Å². The highest BCUT2D eigenvalue weighted by Gasteiger charge is 2.34. The van der Waals surface area contributed by atoms with Gasteiger partial charge in [0.25, 0.3) is 16.4 Å². The molecule has 0 saturated carbocycles. The third kappa shape index (κ3) is 4.01. The molecule has 0 aliphatic carbocycles. The van der Waals surface area contributed by atoms with Crippen LogP contribution in [0.1, 0.15) is 38.0 Å². The van der Waals surface area contributed by atoms with Gasteiger partial charge in [-0.15, -0.1) is 0 Å². The van der Waals surface area contributed by atoms with E-state index in [2.05, 4.69) is 5.10 Å². The lowest BCUT2D eigenvalue weighted by Crippen LogP contribution is -2.42.